The average molecular weight is 292 g/mol. The average Bonchev–Trinajstić information content (AvgIpc) is 2.49. The van der Waals surface area contributed by atoms with Crippen molar-refractivity contribution in [2.75, 3.05) is 11.9 Å². The van der Waals surface area contributed by atoms with Gasteiger partial charge in [0.1, 0.15) is 17.8 Å². The maximum atomic E-state index is 13.1. The highest BCUT2D eigenvalue weighted by atomic mass is 19.2. The summed E-state index contributed by atoms with van der Waals surface area (Å²) in [5.74, 6) is -1.89. The smallest absolute Gasteiger partial charge is 0.270 e. The molecule has 0 fully saturated rings. The van der Waals surface area contributed by atoms with Crippen LogP contribution in [0.3, 0.4) is 0 Å². The summed E-state index contributed by atoms with van der Waals surface area (Å²) in [4.78, 5) is 19.6. The van der Waals surface area contributed by atoms with Crippen LogP contribution in [0.2, 0.25) is 0 Å². The van der Waals surface area contributed by atoms with Crippen LogP contribution in [0.25, 0.3) is 0 Å². The van der Waals surface area contributed by atoms with Crippen LogP contribution in [0.15, 0.2) is 30.6 Å². The van der Waals surface area contributed by atoms with Crippen molar-refractivity contribution in [1.82, 2.24) is 15.3 Å². The number of amides is 1. The third kappa shape index (κ3) is 3.95. The number of benzene rings is 1. The summed E-state index contributed by atoms with van der Waals surface area (Å²) in [5.41, 5.74) is 0.524. The number of nitrogens with one attached hydrogen (secondary N) is 2. The molecule has 5 nitrogen and oxygen atoms in total. The predicted molar refractivity (Wildman–Crippen MR) is 74.3 cm³/mol. The minimum atomic E-state index is -0.963. The summed E-state index contributed by atoms with van der Waals surface area (Å²) >= 11 is 0. The fraction of sp³-hybridized carbons (Fsp3) is 0.214. The van der Waals surface area contributed by atoms with E-state index in [1.807, 2.05) is 6.92 Å². The number of hydrogen-bond donors (Lipinski definition) is 2. The lowest BCUT2D eigenvalue weighted by Crippen LogP contribution is -2.25. The van der Waals surface area contributed by atoms with Crippen LogP contribution in [0.5, 0.6) is 0 Å². The third-order valence-corrected chi connectivity index (χ3v) is 2.63. The van der Waals surface area contributed by atoms with Gasteiger partial charge in [-0.25, -0.2) is 18.7 Å². The lowest BCUT2D eigenvalue weighted by atomic mass is 10.3. The van der Waals surface area contributed by atoms with Crippen molar-refractivity contribution in [2.24, 2.45) is 0 Å². The van der Waals surface area contributed by atoms with Gasteiger partial charge in [0, 0.05) is 24.4 Å². The van der Waals surface area contributed by atoms with E-state index in [2.05, 4.69) is 20.6 Å². The lowest BCUT2D eigenvalue weighted by molar-refractivity contribution is 0.0948. The van der Waals surface area contributed by atoms with Crippen molar-refractivity contribution in [3.63, 3.8) is 0 Å². The minimum absolute atomic E-state index is 0.198. The van der Waals surface area contributed by atoms with Gasteiger partial charge in [0.15, 0.2) is 11.6 Å². The Balaban J connectivity index is 2.13. The lowest BCUT2D eigenvalue weighted by Gasteiger charge is -2.07. The summed E-state index contributed by atoms with van der Waals surface area (Å²) in [7, 11) is 0. The number of aromatic nitrogens is 2. The van der Waals surface area contributed by atoms with E-state index in [0.29, 0.717) is 18.1 Å². The topological polar surface area (TPSA) is 66.9 Å². The maximum Gasteiger partial charge on any atom is 0.270 e. The predicted octanol–water partition coefficient (Wildman–Crippen LogP) is 2.64. The van der Waals surface area contributed by atoms with Crippen LogP contribution in [0, 0.1) is 11.6 Å². The van der Waals surface area contributed by atoms with Crippen LogP contribution in [0.4, 0.5) is 20.3 Å². The number of nitrogens with zero attached hydrogens (tertiary/aromatic N) is 2. The van der Waals surface area contributed by atoms with Crippen molar-refractivity contribution in [2.45, 2.75) is 13.3 Å². The van der Waals surface area contributed by atoms with Gasteiger partial charge in [0.2, 0.25) is 0 Å². The summed E-state index contributed by atoms with van der Waals surface area (Å²) in [6.45, 7) is 2.49. The second kappa shape index (κ2) is 6.74. The largest absolute Gasteiger partial charge is 0.351 e. The molecule has 2 rings (SSSR count). The second-order valence-corrected chi connectivity index (χ2v) is 4.30. The van der Waals surface area contributed by atoms with E-state index in [0.717, 1.165) is 18.6 Å². The Bertz CT molecular complexity index is 649. The first-order chi connectivity index (χ1) is 10.1. The molecule has 0 spiro atoms. The highest BCUT2D eigenvalue weighted by Crippen LogP contribution is 2.17. The number of rotatable bonds is 5. The molecule has 1 aromatic heterocycles. The fourth-order valence-electron chi connectivity index (χ4n) is 1.60. The van der Waals surface area contributed by atoms with Crippen molar-refractivity contribution in [1.29, 1.82) is 0 Å². The summed E-state index contributed by atoms with van der Waals surface area (Å²) in [5, 5.41) is 5.48. The highest BCUT2D eigenvalue weighted by molar-refractivity contribution is 5.92. The maximum absolute atomic E-state index is 13.1. The number of carbonyl (C=O) groups is 1. The van der Waals surface area contributed by atoms with Gasteiger partial charge in [-0.3, -0.25) is 4.79 Å². The van der Waals surface area contributed by atoms with Gasteiger partial charge in [-0.1, -0.05) is 6.92 Å². The van der Waals surface area contributed by atoms with E-state index >= 15 is 0 Å². The minimum Gasteiger partial charge on any atom is -0.351 e. The van der Waals surface area contributed by atoms with Crippen LogP contribution >= 0.6 is 0 Å². The van der Waals surface area contributed by atoms with E-state index in [1.54, 1.807) is 0 Å². The number of halogens is 2. The first-order valence-corrected chi connectivity index (χ1v) is 6.42. The van der Waals surface area contributed by atoms with Crippen molar-refractivity contribution in [3.05, 3.63) is 47.9 Å². The van der Waals surface area contributed by atoms with Crippen molar-refractivity contribution >= 4 is 17.4 Å². The SMILES string of the molecule is CCCNC(=O)c1cc(Nc2ccc(F)c(F)c2)ncn1. The summed E-state index contributed by atoms with van der Waals surface area (Å²) in [6.07, 6.45) is 2.04. The van der Waals surface area contributed by atoms with E-state index in [-0.39, 0.29) is 11.6 Å². The van der Waals surface area contributed by atoms with E-state index in [4.69, 9.17) is 0 Å². The van der Waals surface area contributed by atoms with Gasteiger partial charge in [0.05, 0.1) is 0 Å². The standard InChI is InChI=1S/C14H14F2N4O/c1-2-5-17-14(21)12-7-13(19-8-18-12)20-9-3-4-10(15)11(16)6-9/h3-4,6-8H,2,5H2,1H3,(H,17,21)(H,18,19,20). The summed E-state index contributed by atoms with van der Waals surface area (Å²) in [6, 6.07) is 4.82. The van der Waals surface area contributed by atoms with Gasteiger partial charge in [-0.2, -0.15) is 0 Å². The molecule has 2 N–H and O–H groups in total. The molecular weight excluding hydrogens is 278 g/mol. The number of anilines is 2. The summed E-state index contributed by atoms with van der Waals surface area (Å²) < 4.78 is 26.0. The van der Waals surface area contributed by atoms with E-state index < -0.39 is 11.6 Å². The molecule has 0 radical (unpaired) electrons. The van der Waals surface area contributed by atoms with Crippen LogP contribution in [-0.4, -0.2) is 22.4 Å². The molecule has 0 aliphatic rings. The molecule has 1 aromatic carbocycles. The van der Waals surface area contributed by atoms with Gasteiger partial charge in [-0.15, -0.1) is 0 Å². The molecule has 1 heterocycles. The Kier molecular flexibility index (Phi) is 4.76. The van der Waals surface area contributed by atoms with Crippen LogP contribution in [-0.2, 0) is 0 Å². The normalized spacial score (nSPS) is 10.2. The fourth-order valence-corrected chi connectivity index (χ4v) is 1.60. The molecule has 0 aliphatic carbocycles. The van der Waals surface area contributed by atoms with Crippen molar-refractivity contribution in [3.8, 4) is 0 Å². The van der Waals surface area contributed by atoms with E-state index in [1.165, 1.54) is 18.5 Å². The zero-order valence-corrected chi connectivity index (χ0v) is 11.4. The molecule has 110 valence electrons. The zero-order valence-electron chi connectivity index (χ0n) is 11.4. The molecule has 0 aliphatic heterocycles. The Morgan fingerprint density at radius 3 is 2.71 bits per heavy atom. The first-order valence-electron chi connectivity index (χ1n) is 6.42. The molecule has 0 saturated carbocycles. The molecule has 21 heavy (non-hydrogen) atoms. The molecule has 0 saturated heterocycles. The van der Waals surface area contributed by atoms with Gasteiger partial charge < -0.3 is 10.6 Å². The molecule has 0 atom stereocenters. The second-order valence-electron chi connectivity index (χ2n) is 4.30. The van der Waals surface area contributed by atoms with Gasteiger partial charge in [-0.05, 0) is 18.6 Å². The molecule has 1 amide bonds. The van der Waals surface area contributed by atoms with Crippen LogP contribution < -0.4 is 10.6 Å². The monoisotopic (exact) mass is 292 g/mol. The Labute approximate surface area is 120 Å². The number of carbonyl (C=O) groups excluding carboxylic acids is 1. The molecule has 0 bridgehead atoms. The molecule has 7 heteroatoms. The molecule has 2 aromatic rings. The third-order valence-electron chi connectivity index (χ3n) is 2.63. The van der Waals surface area contributed by atoms with E-state index in [9.17, 15) is 13.6 Å². The first kappa shape index (κ1) is 14.8. The van der Waals surface area contributed by atoms with Crippen molar-refractivity contribution < 1.29 is 13.6 Å². The molecule has 0 unspecified atom stereocenters. The zero-order chi connectivity index (χ0) is 15.2. The Morgan fingerprint density at radius 2 is 2.00 bits per heavy atom. The Hall–Kier alpha value is -2.57. The molecular formula is C14H14F2N4O. The quantitative estimate of drug-likeness (QED) is 0.889. The van der Waals surface area contributed by atoms with Crippen LogP contribution in [0.1, 0.15) is 23.8 Å². The Morgan fingerprint density at radius 1 is 1.19 bits per heavy atom. The van der Waals surface area contributed by atoms with Gasteiger partial charge in [0.25, 0.3) is 5.91 Å². The highest BCUT2D eigenvalue weighted by Gasteiger charge is 2.09. The number of hydrogen-bond acceptors (Lipinski definition) is 4. The van der Waals surface area contributed by atoms with Gasteiger partial charge >= 0.3 is 0 Å².